The second-order valence-electron chi connectivity index (χ2n) is 4.93. The predicted octanol–water partition coefficient (Wildman–Crippen LogP) is 2.98. The van der Waals surface area contributed by atoms with Gasteiger partial charge in [-0.3, -0.25) is 4.79 Å². The molecule has 3 rings (SSSR count). The van der Waals surface area contributed by atoms with E-state index >= 15 is 0 Å². The second kappa shape index (κ2) is 6.59. The highest BCUT2D eigenvalue weighted by atomic mass is 32.2. The van der Waals surface area contributed by atoms with Crippen molar-refractivity contribution in [1.29, 1.82) is 0 Å². The lowest BCUT2D eigenvalue weighted by Gasteiger charge is -1.97. The molecule has 0 saturated carbocycles. The van der Waals surface area contributed by atoms with Crippen LogP contribution in [0.25, 0.3) is 6.08 Å². The number of aromatic carboxylic acids is 1. The fourth-order valence-electron chi connectivity index (χ4n) is 2.00. The van der Waals surface area contributed by atoms with E-state index in [4.69, 9.17) is 5.11 Å². The van der Waals surface area contributed by atoms with Crippen molar-refractivity contribution < 1.29 is 19.8 Å². The van der Waals surface area contributed by atoms with Gasteiger partial charge in [0, 0.05) is 0 Å². The lowest BCUT2D eigenvalue weighted by atomic mass is 10.1. The zero-order valence-electron chi connectivity index (χ0n) is 12.3. The summed E-state index contributed by atoms with van der Waals surface area (Å²) >= 11 is 1.19. The monoisotopic (exact) mass is 340 g/mol. The summed E-state index contributed by atoms with van der Waals surface area (Å²) in [4.78, 5) is 27.6. The van der Waals surface area contributed by atoms with Gasteiger partial charge in [0.25, 0.3) is 5.91 Å². The minimum Gasteiger partial charge on any atom is -0.508 e. The van der Waals surface area contributed by atoms with E-state index in [-0.39, 0.29) is 17.2 Å². The van der Waals surface area contributed by atoms with Crippen molar-refractivity contribution in [2.24, 2.45) is 4.99 Å². The molecule has 1 fully saturated rings. The van der Waals surface area contributed by atoms with Crippen molar-refractivity contribution in [3.63, 3.8) is 0 Å². The molecule has 1 aliphatic rings. The molecule has 0 radical (unpaired) electrons. The van der Waals surface area contributed by atoms with Gasteiger partial charge in [-0.05, 0) is 59.8 Å². The molecule has 0 aliphatic carbocycles. The number of nitrogens with zero attached hydrogens (tertiary/aromatic N) is 1. The number of thioether (sulfide) groups is 1. The van der Waals surface area contributed by atoms with E-state index < -0.39 is 5.97 Å². The van der Waals surface area contributed by atoms with Crippen LogP contribution in [-0.2, 0) is 4.79 Å². The van der Waals surface area contributed by atoms with Gasteiger partial charge in [0.05, 0.1) is 16.2 Å². The van der Waals surface area contributed by atoms with Gasteiger partial charge in [0.2, 0.25) is 0 Å². The molecule has 120 valence electrons. The van der Waals surface area contributed by atoms with Crippen LogP contribution in [0.3, 0.4) is 0 Å². The molecule has 1 saturated heterocycles. The maximum atomic E-state index is 12.0. The van der Waals surface area contributed by atoms with E-state index in [0.29, 0.717) is 15.8 Å². The maximum absolute atomic E-state index is 12.0. The first kappa shape index (κ1) is 15.8. The molecule has 2 aromatic carbocycles. The van der Waals surface area contributed by atoms with Gasteiger partial charge in [-0.25, -0.2) is 9.79 Å². The predicted molar refractivity (Wildman–Crippen MR) is 92.3 cm³/mol. The Hall–Kier alpha value is -3.06. The number of hydrogen-bond acceptors (Lipinski definition) is 5. The summed E-state index contributed by atoms with van der Waals surface area (Å²) in [6.07, 6.45) is 1.67. The quantitative estimate of drug-likeness (QED) is 0.746. The molecule has 0 aromatic heterocycles. The summed E-state index contributed by atoms with van der Waals surface area (Å²) in [5.41, 5.74) is 1.53. The topological polar surface area (TPSA) is 99.0 Å². The summed E-state index contributed by atoms with van der Waals surface area (Å²) in [7, 11) is 0. The van der Waals surface area contributed by atoms with Crippen molar-refractivity contribution in [2.45, 2.75) is 0 Å². The maximum Gasteiger partial charge on any atom is 0.335 e. The summed E-state index contributed by atoms with van der Waals surface area (Å²) in [6, 6.07) is 12.6. The van der Waals surface area contributed by atoms with Crippen LogP contribution in [0, 0.1) is 0 Å². The number of amides is 1. The zero-order valence-corrected chi connectivity index (χ0v) is 13.1. The van der Waals surface area contributed by atoms with Crippen LogP contribution in [-0.4, -0.2) is 27.3 Å². The van der Waals surface area contributed by atoms with Crippen LogP contribution in [0.2, 0.25) is 0 Å². The van der Waals surface area contributed by atoms with Gasteiger partial charge in [-0.1, -0.05) is 12.1 Å². The van der Waals surface area contributed by atoms with Crippen LogP contribution in [0.15, 0.2) is 58.4 Å². The van der Waals surface area contributed by atoms with E-state index in [9.17, 15) is 14.7 Å². The molecular formula is C17H12N2O4S. The van der Waals surface area contributed by atoms with Gasteiger partial charge in [0.15, 0.2) is 5.17 Å². The SMILES string of the molecule is O=C1NC(=Nc2ccc(O)cc2)S/C1=C/c1ccc(C(=O)O)cc1. The van der Waals surface area contributed by atoms with Crippen LogP contribution < -0.4 is 5.32 Å². The molecule has 24 heavy (non-hydrogen) atoms. The lowest BCUT2D eigenvalue weighted by molar-refractivity contribution is -0.115. The highest BCUT2D eigenvalue weighted by Gasteiger charge is 2.23. The number of hydrogen-bond donors (Lipinski definition) is 3. The normalized spacial score (nSPS) is 17.2. The Kier molecular flexibility index (Phi) is 4.35. The van der Waals surface area contributed by atoms with Crippen LogP contribution in [0.4, 0.5) is 5.69 Å². The number of carbonyl (C=O) groups is 2. The number of amidine groups is 1. The first-order chi connectivity index (χ1) is 11.5. The third-order valence-electron chi connectivity index (χ3n) is 3.19. The number of phenolic OH excluding ortho intramolecular Hbond substituents is 1. The summed E-state index contributed by atoms with van der Waals surface area (Å²) in [5, 5.41) is 21.2. The summed E-state index contributed by atoms with van der Waals surface area (Å²) in [6.45, 7) is 0. The number of carboxylic acid groups (broad SMARTS) is 1. The zero-order chi connectivity index (χ0) is 17.1. The average molecular weight is 340 g/mol. The Morgan fingerprint density at radius 2 is 1.75 bits per heavy atom. The molecule has 1 heterocycles. The van der Waals surface area contributed by atoms with Gasteiger partial charge in [-0.2, -0.15) is 0 Å². The Morgan fingerprint density at radius 3 is 2.38 bits per heavy atom. The average Bonchev–Trinajstić information content (AvgIpc) is 2.89. The van der Waals surface area contributed by atoms with Gasteiger partial charge in [0.1, 0.15) is 5.75 Å². The Balaban J connectivity index is 1.79. The molecule has 6 nitrogen and oxygen atoms in total. The number of rotatable bonds is 3. The van der Waals surface area contributed by atoms with Crippen LogP contribution >= 0.6 is 11.8 Å². The number of carbonyl (C=O) groups excluding carboxylic acids is 1. The number of aliphatic imine (C=N–C) groups is 1. The van der Waals surface area contributed by atoms with Crippen molar-refractivity contribution in [3.05, 3.63) is 64.6 Å². The third kappa shape index (κ3) is 3.64. The van der Waals surface area contributed by atoms with Gasteiger partial charge < -0.3 is 15.5 Å². The first-order valence-electron chi connectivity index (χ1n) is 6.93. The number of aromatic hydroxyl groups is 1. The van der Waals surface area contributed by atoms with E-state index in [0.717, 1.165) is 5.56 Å². The molecule has 0 unspecified atom stereocenters. The Bertz CT molecular complexity index is 855. The molecular weight excluding hydrogens is 328 g/mol. The summed E-state index contributed by atoms with van der Waals surface area (Å²) < 4.78 is 0. The van der Waals surface area contributed by atoms with Crippen molar-refractivity contribution in [2.75, 3.05) is 0 Å². The standard InChI is InChI=1S/C17H12N2O4S/c20-13-7-5-12(6-8-13)18-17-19-15(21)14(24-17)9-10-1-3-11(4-2-10)16(22)23/h1-9,20H,(H,22,23)(H,18,19,21)/b14-9+. The third-order valence-corrected chi connectivity index (χ3v) is 4.10. The highest BCUT2D eigenvalue weighted by Crippen LogP contribution is 2.28. The van der Waals surface area contributed by atoms with Gasteiger partial charge in [-0.15, -0.1) is 0 Å². The van der Waals surface area contributed by atoms with Crippen molar-refractivity contribution in [1.82, 2.24) is 5.32 Å². The molecule has 0 atom stereocenters. The summed E-state index contributed by atoms with van der Waals surface area (Å²) in [5.74, 6) is -1.11. The molecule has 2 aromatic rings. The van der Waals surface area contributed by atoms with Crippen molar-refractivity contribution in [3.8, 4) is 5.75 Å². The molecule has 0 spiro atoms. The number of benzene rings is 2. The largest absolute Gasteiger partial charge is 0.508 e. The van der Waals surface area contributed by atoms with Crippen molar-refractivity contribution >= 4 is 40.6 Å². The van der Waals surface area contributed by atoms with E-state index in [1.165, 1.54) is 36.0 Å². The fraction of sp³-hybridized carbons (Fsp3) is 0. The number of nitrogens with one attached hydrogen (secondary N) is 1. The second-order valence-corrected chi connectivity index (χ2v) is 5.96. The molecule has 7 heteroatoms. The van der Waals surface area contributed by atoms with Crippen LogP contribution in [0.1, 0.15) is 15.9 Å². The molecule has 1 aliphatic heterocycles. The molecule has 1 amide bonds. The van der Waals surface area contributed by atoms with E-state index in [2.05, 4.69) is 10.3 Å². The van der Waals surface area contributed by atoms with Crippen LogP contribution in [0.5, 0.6) is 5.75 Å². The molecule has 0 bridgehead atoms. The lowest BCUT2D eigenvalue weighted by Crippen LogP contribution is -2.19. The smallest absolute Gasteiger partial charge is 0.335 e. The minimum atomic E-state index is -0.995. The number of carboxylic acids is 1. The van der Waals surface area contributed by atoms with Gasteiger partial charge >= 0.3 is 5.97 Å². The van der Waals surface area contributed by atoms with E-state index in [1.54, 1.807) is 30.3 Å². The first-order valence-corrected chi connectivity index (χ1v) is 7.75. The highest BCUT2D eigenvalue weighted by molar-refractivity contribution is 8.18. The Morgan fingerprint density at radius 1 is 1.08 bits per heavy atom. The Labute approximate surface area is 141 Å². The fourth-order valence-corrected chi connectivity index (χ4v) is 2.84. The number of phenols is 1. The minimum absolute atomic E-state index is 0.146. The molecule has 3 N–H and O–H groups in total. The van der Waals surface area contributed by atoms with E-state index in [1.807, 2.05) is 0 Å².